The minimum Gasteiger partial charge on any atom is -0.364 e. The lowest BCUT2D eigenvalue weighted by atomic mass is 10.0. The molecule has 0 amide bonds. The van der Waals surface area contributed by atoms with Crippen molar-refractivity contribution in [2.75, 3.05) is 0 Å². The number of halogens is 3. The van der Waals surface area contributed by atoms with Gasteiger partial charge in [0, 0.05) is 23.5 Å². The molecule has 1 N–H and O–H groups in total. The van der Waals surface area contributed by atoms with E-state index in [1.165, 1.54) is 6.07 Å². The van der Waals surface area contributed by atoms with Gasteiger partial charge in [-0.1, -0.05) is 34.8 Å². The monoisotopic (exact) mass is 287 g/mol. The molecule has 88 valence electrons. The molecule has 2 aromatic rings. The van der Waals surface area contributed by atoms with Gasteiger partial charge in [-0.05, 0) is 19.1 Å². The van der Waals surface area contributed by atoms with E-state index in [1.54, 1.807) is 25.3 Å². The van der Waals surface area contributed by atoms with Crippen LogP contribution in [0.25, 0.3) is 11.1 Å². The van der Waals surface area contributed by atoms with Crippen LogP contribution in [0, 0.1) is 6.92 Å². The average Bonchev–Trinajstić information content (AvgIpc) is 2.28. The Hall–Kier alpha value is -0.960. The predicted octanol–water partition coefficient (Wildman–Crippen LogP) is 4.31. The molecule has 1 heterocycles. The molecule has 0 aliphatic heterocycles. The van der Waals surface area contributed by atoms with Crippen LogP contribution >= 0.6 is 34.8 Å². The molecule has 0 bridgehead atoms. The van der Waals surface area contributed by atoms with Crippen LogP contribution in [-0.4, -0.2) is 4.98 Å². The summed E-state index contributed by atoms with van der Waals surface area (Å²) >= 11 is 18.1. The topological polar surface area (TPSA) is 32.9 Å². The van der Waals surface area contributed by atoms with Gasteiger partial charge in [0.1, 0.15) is 0 Å². The molecule has 0 aliphatic rings. The number of benzene rings is 1. The molecular formula is C12H8Cl3NO. The molecule has 1 aromatic heterocycles. The van der Waals surface area contributed by atoms with Gasteiger partial charge in [0.2, 0.25) is 0 Å². The van der Waals surface area contributed by atoms with Crippen molar-refractivity contribution in [1.29, 1.82) is 0 Å². The first-order valence-corrected chi connectivity index (χ1v) is 5.98. The Bertz CT molecular complexity index is 634. The Labute approximate surface area is 113 Å². The van der Waals surface area contributed by atoms with E-state index in [2.05, 4.69) is 4.98 Å². The van der Waals surface area contributed by atoms with Crippen molar-refractivity contribution in [3.05, 3.63) is 55.4 Å². The van der Waals surface area contributed by atoms with E-state index < -0.39 is 0 Å². The minimum atomic E-state index is -0.146. The smallest absolute Gasteiger partial charge is 0.189 e. The van der Waals surface area contributed by atoms with Gasteiger partial charge in [-0.15, -0.1) is 0 Å². The van der Waals surface area contributed by atoms with E-state index in [0.717, 1.165) is 0 Å². The predicted molar refractivity (Wildman–Crippen MR) is 72.3 cm³/mol. The summed E-state index contributed by atoms with van der Waals surface area (Å²) in [5.41, 5.74) is 1.47. The van der Waals surface area contributed by atoms with Crippen LogP contribution in [0.3, 0.4) is 0 Å². The van der Waals surface area contributed by atoms with Gasteiger partial charge in [0.25, 0.3) is 0 Å². The van der Waals surface area contributed by atoms with Gasteiger partial charge < -0.3 is 4.98 Å². The normalized spacial score (nSPS) is 10.6. The maximum atomic E-state index is 11.9. The van der Waals surface area contributed by atoms with Crippen molar-refractivity contribution in [3.63, 3.8) is 0 Å². The number of hydrogen-bond donors (Lipinski definition) is 1. The molecule has 0 aliphatic carbocycles. The fraction of sp³-hybridized carbons (Fsp3) is 0.0833. The third-order valence-corrected chi connectivity index (χ3v) is 3.57. The van der Waals surface area contributed by atoms with Crippen molar-refractivity contribution in [3.8, 4) is 11.1 Å². The summed E-state index contributed by atoms with van der Waals surface area (Å²) in [6, 6.07) is 4.65. The van der Waals surface area contributed by atoms with Crippen molar-refractivity contribution in [1.82, 2.24) is 4.98 Å². The second-order valence-corrected chi connectivity index (χ2v) is 4.75. The zero-order valence-corrected chi connectivity index (χ0v) is 11.1. The number of nitrogens with one attached hydrogen (secondary N) is 1. The second-order valence-electron chi connectivity index (χ2n) is 3.56. The molecular weight excluding hydrogens is 280 g/mol. The highest BCUT2D eigenvalue weighted by atomic mass is 35.5. The molecule has 0 unspecified atom stereocenters. The average molecular weight is 289 g/mol. The van der Waals surface area contributed by atoms with E-state index in [4.69, 9.17) is 34.8 Å². The molecule has 17 heavy (non-hydrogen) atoms. The standard InChI is InChI=1S/C12H8Cl3NO/c1-6-10(9(17)4-5-16-6)11-7(13)2-3-8(14)12(11)15/h2-5H,1H3,(H,16,17). The molecule has 0 spiro atoms. The Morgan fingerprint density at radius 1 is 1.00 bits per heavy atom. The van der Waals surface area contributed by atoms with Crippen LogP contribution in [0.1, 0.15) is 5.69 Å². The Morgan fingerprint density at radius 3 is 2.29 bits per heavy atom. The largest absolute Gasteiger partial charge is 0.364 e. The minimum absolute atomic E-state index is 0.146. The molecule has 0 fully saturated rings. The van der Waals surface area contributed by atoms with E-state index in [0.29, 0.717) is 31.9 Å². The van der Waals surface area contributed by atoms with Crippen molar-refractivity contribution >= 4 is 34.8 Å². The fourth-order valence-corrected chi connectivity index (χ4v) is 2.37. The summed E-state index contributed by atoms with van der Waals surface area (Å²) < 4.78 is 0. The summed E-state index contributed by atoms with van der Waals surface area (Å²) in [6.07, 6.45) is 1.58. The lowest BCUT2D eigenvalue weighted by Gasteiger charge is -2.10. The highest BCUT2D eigenvalue weighted by molar-refractivity contribution is 6.46. The van der Waals surface area contributed by atoms with Gasteiger partial charge >= 0.3 is 0 Å². The van der Waals surface area contributed by atoms with E-state index in [1.807, 2.05) is 0 Å². The van der Waals surface area contributed by atoms with Gasteiger partial charge in [-0.3, -0.25) is 4.79 Å². The highest BCUT2D eigenvalue weighted by Crippen LogP contribution is 2.38. The quantitative estimate of drug-likeness (QED) is 0.779. The highest BCUT2D eigenvalue weighted by Gasteiger charge is 2.16. The number of hydrogen-bond acceptors (Lipinski definition) is 1. The molecule has 2 rings (SSSR count). The number of rotatable bonds is 1. The summed E-state index contributed by atoms with van der Waals surface area (Å²) in [5, 5.41) is 1.06. The number of aromatic amines is 1. The van der Waals surface area contributed by atoms with Gasteiger partial charge in [0.05, 0.1) is 20.6 Å². The van der Waals surface area contributed by atoms with Crippen LogP contribution in [0.15, 0.2) is 29.2 Å². The first-order chi connectivity index (χ1) is 8.02. The molecule has 2 nitrogen and oxygen atoms in total. The zero-order chi connectivity index (χ0) is 12.6. The maximum absolute atomic E-state index is 11.9. The number of pyridine rings is 1. The van der Waals surface area contributed by atoms with Gasteiger partial charge in [-0.2, -0.15) is 0 Å². The maximum Gasteiger partial charge on any atom is 0.189 e. The third-order valence-electron chi connectivity index (χ3n) is 2.45. The van der Waals surface area contributed by atoms with Crippen LogP contribution in [0.5, 0.6) is 0 Å². The summed E-state index contributed by atoms with van der Waals surface area (Å²) in [6.45, 7) is 1.78. The van der Waals surface area contributed by atoms with E-state index in [9.17, 15) is 4.79 Å². The molecule has 5 heteroatoms. The SMILES string of the molecule is Cc1[nH]ccc(=O)c1-c1c(Cl)ccc(Cl)c1Cl. The van der Waals surface area contributed by atoms with Crippen LogP contribution in [0.4, 0.5) is 0 Å². The number of aromatic nitrogens is 1. The molecule has 1 aromatic carbocycles. The first kappa shape index (κ1) is 12.5. The van der Waals surface area contributed by atoms with Crippen molar-refractivity contribution in [2.45, 2.75) is 6.92 Å². The number of H-pyrrole nitrogens is 1. The van der Waals surface area contributed by atoms with Crippen LogP contribution < -0.4 is 5.43 Å². The first-order valence-electron chi connectivity index (χ1n) is 4.84. The van der Waals surface area contributed by atoms with Crippen molar-refractivity contribution in [2.24, 2.45) is 0 Å². The summed E-state index contributed by atoms with van der Waals surface area (Å²) in [5.74, 6) is 0. The van der Waals surface area contributed by atoms with Crippen LogP contribution in [0.2, 0.25) is 15.1 Å². The molecule has 0 atom stereocenters. The third kappa shape index (κ3) is 2.21. The van der Waals surface area contributed by atoms with E-state index in [-0.39, 0.29) is 5.43 Å². The zero-order valence-electron chi connectivity index (χ0n) is 8.85. The molecule has 0 radical (unpaired) electrons. The molecule has 0 saturated carbocycles. The second kappa shape index (κ2) is 4.73. The van der Waals surface area contributed by atoms with Gasteiger partial charge in [-0.25, -0.2) is 0 Å². The van der Waals surface area contributed by atoms with E-state index >= 15 is 0 Å². The summed E-state index contributed by atoms with van der Waals surface area (Å²) in [4.78, 5) is 14.8. The summed E-state index contributed by atoms with van der Waals surface area (Å²) in [7, 11) is 0. The lowest BCUT2D eigenvalue weighted by molar-refractivity contribution is 1.19. The molecule has 0 saturated heterocycles. The fourth-order valence-electron chi connectivity index (χ4n) is 1.65. The van der Waals surface area contributed by atoms with Crippen LogP contribution in [-0.2, 0) is 0 Å². The van der Waals surface area contributed by atoms with Crippen molar-refractivity contribution < 1.29 is 0 Å². The Morgan fingerprint density at radius 2 is 1.65 bits per heavy atom. The lowest BCUT2D eigenvalue weighted by Crippen LogP contribution is -2.07. The Kier molecular flexibility index (Phi) is 3.48. The number of aryl methyl sites for hydroxylation is 1. The van der Waals surface area contributed by atoms with Gasteiger partial charge in [0.15, 0.2) is 5.43 Å². The Balaban J connectivity index is 2.87.